The molecule has 0 bridgehead atoms. The lowest BCUT2D eigenvalue weighted by Gasteiger charge is -2.21. The second kappa shape index (κ2) is 7.12. The largest absolute Gasteiger partial charge is 0.372 e. The molecule has 0 aromatic heterocycles. The van der Waals surface area contributed by atoms with E-state index < -0.39 is 0 Å². The van der Waals surface area contributed by atoms with Crippen LogP contribution < -0.4 is 10.2 Å². The van der Waals surface area contributed by atoms with Crippen LogP contribution in [0.4, 0.5) is 11.4 Å². The zero-order valence-corrected chi connectivity index (χ0v) is 13.8. The number of anilines is 2. The predicted octanol–water partition coefficient (Wildman–Crippen LogP) is 4.40. The zero-order chi connectivity index (χ0) is 16.1. The van der Waals surface area contributed by atoms with Gasteiger partial charge in [0.25, 0.3) is 5.91 Å². The first-order valence-corrected chi connectivity index (χ1v) is 7.78. The van der Waals surface area contributed by atoms with Crippen LogP contribution >= 0.6 is 0 Å². The van der Waals surface area contributed by atoms with Crippen LogP contribution in [0.5, 0.6) is 0 Å². The first-order valence-electron chi connectivity index (χ1n) is 7.78. The maximum atomic E-state index is 12.3. The monoisotopic (exact) mass is 296 g/mol. The maximum Gasteiger partial charge on any atom is 0.255 e. The SMILES string of the molecule is CCN(CC)c1ccc(NC(=O)c2cc(C)cc(C)c2)cc1. The van der Waals surface area contributed by atoms with Gasteiger partial charge in [0, 0.05) is 30.0 Å². The van der Waals surface area contributed by atoms with E-state index in [4.69, 9.17) is 0 Å². The third kappa shape index (κ3) is 3.88. The first-order chi connectivity index (χ1) is 10.5. The predicted molar refractivity (Wildman–Crippen MR) is 93.9 cm³/mol. The van der Waals surface area contributed by atoms with Crippen LogP contribution in [0.25, 0.3) is 0 Å². The van der Waals surface area contributed by atoms with Gasteiger partial charge in [0.2, 0.25) is 0 Å². The summed E-state index contributed by atoms with van der Waals surface area (Å²) in [6, 6.07) is 13.9. The van der Waals surface area contributed by atoms with E-state index in [1.165, 1.54) is 5.69 Å². The van der Waals surface area contributed by atoms with Gasteiger partial charge in [0.05, 0.1) is 0 Å². The van der Waals surface area contributed by atoms with Crippen LogP contribution in [0.3, 0.4) is 0 Å². The van der Waals surface area contributed by atoms with Gasteiger partial charge in [-0.2, -0.15) is 0 Å². The number of carbonyl (C=O) groups is 1. The van der Waals surface area contributed by atoms with Crippen molar-refractivity contribution in [2.45, 2.75) is 27.7 Å². The quantitative estimate of drug-likeness (QED) is 0.887. The first kappa shape index (κ1) is 16.1. The number of nitrogens with zero attached hydrogens (tertiary/aromatic N) is 1. The number of hydrogen-bond acceptors (Lipinski definition) is 2. The minimum absolute atomic E-state index is 0.0672. The molecule has 0 aliphatic rings. The Morgan fingerprint density at radius 2 is 1.50 bits per heavy atom. The minimum atomic E-state index is -0.0672. The van der Waals surface area contributed by atoms with E-state index in [1.807, 2.05) is 50.2 Å². The smallest absolute Gasteiger partial charge is 0.255 e. The van der Waals surface area contributed by atoms with Crippen molar-refractivity contribution in [3.63, 3.8) is 0 Å². The van der Waals surface area contributed by atoms with Crippen molar-refractivity contribution in [2.75, 3.05) is 23.3 Å². The molecule has 0 radical (unpaired) electrons. The zero-order valence-electron chi connectivity index (χ0n) is 13.8. The highest BCUT2D eigenvalue weighted by Gasteiger charge is 2.08. The summed E-state index contributed by atoms with van der Waals surface area (Å²) in [6.45, 7) is 10.2. The van der Waals surface area contributed by atoms with Crippen LogP contribution in [0.1, 0.15) is 35.3 Å². The Morgan fingerprint density at radius 1 is 0.955 bits per heavy atom. The Bertz CT molecular complexity index is 623. The van der Waals surface area contributed by atoms with E-state index in [2.05, 4.69) is 30.1 Å². The van der Waals surface area contributed by atoms with Gasteiger partial charge >= 0.3 is 0 Å². The summed E-state index contributed by atoms with van der Waals surface area (Å²) in [6.07, 6.45) is 0. The van der Waals surface area contributed by atoms with E-state index >= 15 is 0 Å². The number of amides is 1. The molecule has 0 heterocycles. The van der Waals surface area contributed by atoms with Crippen molar-refractivity contribution in [3.05, 3.63) is 59.2 Å². The van der Waals surface area contributed by atoms with Gasteiger partial charge < -0.3 is 10.2 Å². The van der Waals surface area contributed by atoms with E-state index in [9.17, 15) is 4.79 Å². The van der Waals surface area contributed by atoms with Gasteiger partial charge in [0.1, 0.15) is 0 Å². The van der Waals surface area contributed by atoms with E-state index in [0.717, 1.165) is 29.9 Å². The summed E-state index contributed by atoms with van der Waals surface area (Å²) >= 11 is 0. The van der Waals surface area contributed by atoms with Gasteiger partial charge in [-0.1, -0.05) is 17.2 Å². The number of nitrogens with one attached hydrogen (secondary N) is 1. The van der Waals surface area contributed by atoms with Crippen molar-refractivity contribution in [1.82, 2.24) is 0 Å². The molecule has 0 unspecified atom stereocenters. The van der Waals surface area contributed by atoms with Crippen molar-refractivity contribution in [3.8, 4) is 0 Å². The van der Waals surface area contributed by atoms with Crippen LogP contribution in [-0.2, 0) is 0 Å². The highest BCUT2D eigenvalue weighted by molar-refractivity contribution is 6.04. The summed E-state index contributed by atoms with van der Waals surface area (Å²) in [5.41, 5.74) is 4.89. The third-order valence-corrected chi connectivity index (χ3v) is 3.74. The van der Waals surface area contributed by atoms with Crippen LogP contribution in [-0.4, -0.2) is 19.0 Å². The molecule has 0 fully saturated rings. The molecule has 3 nitrogen and oxygen atoms in total. The lowest BCUT2D eigenvalue weighted by Crippen LogP contribution is -2.21. The molecule has 3 heteroatoms. The standard InChI is InChI=1S/C19H24N2O/c1-5-21(6-2)18-9-7-17(8-10-18)20-19(22)16-12-14(3)11-15(4)13-16/h7-13H,5-6H2,1-4H3,(H,20,22). The van der Waals surface area contributed by atoms with Crippen molar-refractivity contribution < 1.29 is 4.79 Å². The molecule has 1 amide bonds. The maximum absolute atomic E-state index is 12.3. The van der Waals surface area contributed by atoms with Gasteiger partial charge in [-0.05, 0) is 64.1 Å². The van der Waals surface area contributed by atoms with Crippen molar-refractivity contribution >= 4 is 17.3 Å². The number of aryl methyl sites for hydroxylation is 2. The highest BCUT2D eigenvalue weighted by atomic mass is 16.1. The molecule has 0 saturated carbocycles. The molecule has 0 spiro atoms. The van der Waals surface area contributed by atoms with Gasteiger partial charge in [0.15, 0.2) is 0 Å². The molecule has 2 aromatic carbocycles. The average Bonchev–Trinajstić information content (AvgIpc) is 2.49. The fourth-order valence-electron chi connectivity index (χ4n) is 2.65. The summed E-state index contributed by atoms with van der Waals surface area (Å²) in [5.74, 6) is -0.0672. The van der Waals surface area contributed by atoms with Gasteiger partial charge in [-0.3, -0.25) is 4.79 Å². The van der Waals surface area contributed by atoms with E-state index in [-0.39, 0.29) is 5.91 Å². The normalized spacial score (nSPS) is 10.4. The third-order valence-electron chi connectivity index (χ3n) is 3.74. The number of benzene rings is 2. The summed E-state index contributed by atoms with van der Waals surface area (Å²) in [4.78, 5) is 14.6. The molecule has 2 rings (SSSR count). The molecule has 0 saturated heterocycles. The van der Waals surface area contributed by atoms with Crippen LogP contribution in [0, 0.1) is 13.8 Å². The molecule has 22 heavy (non-hydrogen) atoms. The molecular formula is C19H24N2O. The van der Waals surface area contributed by atoms with E-state index in [1.54, 1.807) is 0 Å². The second-order valence-corrected chi connectivity index (χ2v) is 5.55. The minimum Gasteiger partial charge on any atom is -0.372 e. The number of carbonyl (C=O) groups excluding carboxylic acids is 1. The Morgan fingerprint density at radius 3 is 2.00 bits per heavy atom. The van der Waals surface area contributed by atoms with Crippen molar-refractivity contribution in [2.24, 2.45) is 0 Å². The fourth-order valence-corrected chi connectivity index (χ4v) is 2.65. The summed E-state index contributed by atoms with van der Waals surface area (Å²) in [7, 11) is 0. The highest BCUT2D eigenvalue weighted by Crippen LogP contribution is 2.18. The lowest BCUT2D eigenvalue weighted by atomic mass is 10.1. The Balaban J connectivity index is 2.11. The molecule has 0 aliphatic carbocycles. The Hall–Kier alpha value is -2.29. The summed E-state index contributed by atoms with van der Waals surface area (Å²) < 4.78 is 0. The number of rotatable bonds is 5. The topological polar surface area (TPSA) is 32.3 Å². The molecule has 0 atom stereocenters. The molecule has 2 aromatic rings. The molecular weight excluding hydrogens is 272 g/mol. The molecule has 0 aliphatic heterocycles. The van der Waals surface area contributed by atoms with Crippen molar-refractivity contribution in [1.29, 1.82) is 0 Å². The van der Waals surface area contributed by atoms with Gasteiger partial charge in [-0.25, -0.2) is 0 Å². The van der Waals surface area contributed by atoms with E-state index in [0.29, 0.717) is 5.56 Å². The van der Waals surface area contributed by atoms with Crippen LogP contribution in [0.15, 0.2) is 42.5 Å². The molecule has 1 N–H and O–H groups in total. The lowest BCUT2D eigenvalue weighted by molar-refractivity contribution is 0.102. The fraction of sp³-hybridized carbons (Fsp3) is 0.316. The Kier molecular flexibility index (Phi) is 5.21. The van der Waals surface area contributed by atoms with Crippen LogP contribution in [0.2, 0.25) is 0 Å². The Labute approximate surface area is 133 Å². The average molecular weight is 296 g/mol. The second-order valence-electron chi connectivity index (χ2n) is 5.55. The molecule has 116 valence electrons. The number of hydrogen-bond donors (Lipinski definition) is 1. The summed E-state index contributed by atoms with van der Waals surface area (Å²) in [5, 5.41) is 2.96. The van der Waals surface area contributed by atoms with Gasteiger partial charge in [-0.15, -0.1) is 0 Å².